The molecule has 124 valence electrons. The van der Waals surface area contributed by atoms with E-state index in [1.165, 1.54) is 0 Å². The molecule has 0 atom stereocenters. The van der Waals surface area contributed by atoms with Crippen LogP contribution in [0.2, 0.25) is 0 Å². The van der Waals surface area contributed by atoms with Crippen molar-refractivity contribution in [2.75, 3.05) is 0 Å². The van der Waals surface area contributed by atoms with Crippen LogP contribution in [0.25, 0.3) is 0 Å². The number of carbonyl (C=O) groups is 2. The Morgan fingerprint density at radius 3 is 1.00 bits per heavy atom. The second-order valence-corrected chi connectivity index (χ2v) is 3.23. The molecular formula is C10H8F6NiO4. The van der Waals surface area contributed by atoms with E-state index < -0.39 is 35.4 Å². The predicted octanol–water partition coefficient (Wildman–Crippen LogP) is 0.761. The van der Waals surface area contributed by atoms with Crippen molar-refractivity contribution in [2.24, 2.45) is 0 Å². The van der Waals surface area contributed by atoms with Crippen molar-refractivity contribution in [3.05, 3.63) is 23.7 Å². The molecule has 0 radical (unpaired) electrons. The molecule has 0 fully saturated rings. The summed E-state index contributed by atoms with van der Waals surface area (Å²) in [5.74, 6) is -6.02. The van der Waals surface area contributed by atoms with Gasteiger partial charge in [-0.15, -0.1) is 0 Å². The van der Waals surface area contributed by atoms with Gasteiger partial charge < -0.3 is 10.2 Å². The van der Waals surface area contributed by atoms with Crippen molar-refractivity contribution >= 4 is 11.6 Å². The van der Waals surface area contributed by atoms with Gasteiger partial charge in [0.15, 0.2) is 11.6 Å². The number of carbonyl (C=O) groups excluding carboxylic acids is 2. The van der Waals surface area contributed by atoms with Crippen LogP contribution in [0.15, 0.2) is 23.7 Å². The molecule has 0 spiro atoms. The van der Waals surface area contributed by atoms with Crippen LogP contribution in [0, 0.1) is 0 Å². The first-order valence-corrected chi connectivity index (χ1v) is 4.61. The van der Waals surface area contributed by atoms with Crippen LogP contribution in [0.3, 0.4) is 0 Å². The molecule has 0 aliphatic carbocycles. The fourth-order valence-electron chi connectivity index (χ4n) is 0.533. The number of halogens is 6. The van der Waals surface area contributed by atoms with Gasteiger partial charge in [0.1, 0.15) is 0 Å². The third-order valence-electron chi connectivity index (χ3n) is 1.23. The maximum absolute atomic E-state index is 11.3. The standard InChI is InChI=1S/2C5H5F3O2.Ni/c2*1-3(9)2-4(10)5(6,7)8;/h2*2,10H,1H3;/q;;+2/p-2/b2*4-2+;. The van der Waals surface area contributed by atoms with Crippen LogP contribution < -0.4 is 10.2 Å². The molecule has 0 saturated carbocycles. The van der Waals surface area contributed by atoms with E-state index >= 15 is 0 Å². The smallest absolute Gasteiger partial charge is 0.869 e. The van der Waals surface area contributed by atoms with Crippen LogP contribution in [0.5, 0.6) is 0 Å². The topological polar surface area (TPSA) is 80.3 Å². The summed E-state index contributed by atoms with van der Waals surface area (Å²) in [6.07, 6.45) is -9.82. The van der Waals surface area contributed by atoms with Crippen molar-refractivity contribution in [1.82, 2.24) is 0 Å². The Morgan fingerprint density at radius 2 is 0.952 bits per heavy atom. The van der Waals surface area contributed by atoms with Gasteiger partial charge in [-0.05, 0) is 37.5 Å². The van der Waals surface area contributed by atoms with E-state index in [-0.39, 0.29) is 28.6 Å². The molecule has 0 bridgehead atoms. The Kier molecular flexibility index (Phi) is 11.0. The molecular weight excluding hydrogens is 357 g/mol. The molecule has 0 N–H and O–H groups in total. The van der Waals surface area contributed by atoms with E-state index in [1.807, 2.05) is 0 Å². The summed E-state index contributed by atoms with van der Waals surface area (Å²) in [6, 6.07) is 0. The van der Waals surface area contributed by atoms with Gasteiger partial charge in [-0.25, -0.2) is 0 Å². The van der Waals surface area contributed by atoms with Gasteiger partial charge in [0.2, 0.25) is 0 Å². The molecule has 0 saturated heterocycles. The summed E-state index contributed by atoms with van der Waals surface area (Å²) in [4.78, 5) is 19.8. The minimum atomic E-state index is -4.92. The minimum Gasteiger partial charge on any atom is -0.869 e. The monoisotopic (exact) mass is 364 g/mol. The Labute approximate surface area is 125 Å². The summed E-state index contributed by atoms with van der Waals surface area (Å²) in [5.41, 5.74) is 0. The zero-order valence-corrected chi connectivity index (χ0v) is 11.4. The fraction of sp³-hybridized carbons (Fsp3) is 0.400. The largest absolute Gasteiger partial charge is 2.00 e. The number of rotatable bonds is 2. The molecule has 0 heterocycles. The molecule has 11 heteroatoms. The molecule has 0 aliphatic heterocycles. The predicted molar refractivity (Wildman–Crippen MR) is 49.6 cm³/mol. The van der Waals surface area contributed by atoms with Crippen molar-refractivity contribution in [2.45, 2.75) is 26.2 Å². The summed E-state index contributed by atoms with van der Waals surface area (Å²) < 4.78 is 67.7. The molecule has 0 aliphatic rings. The van der Waals surface area contributed by atoms with E-state index in [0.717, 1.165) is 13.8 Å². The van der Waals surface area contributed by atoms with Crippen LogP contribution in [-0.4, -0.2) is 23.9 Å². The van der Waals surface area contributed by atoms with Crippen molar-refractivity contribution in [3.8, 4) is 0 Å². The zero-order chi connectivity index (χ0) is 16.7. The summed E-state index contributed by atoms with van der Waals surface area (Å²) in [6.45, 7) is 1.76. The number of alkyl halides is 6. The van der Waals surface area contributed by atoms with Crippen molar-refractivity contribution in [3.63, 3.8) is 0 Å². The average molecular weight is 365 g/mol. The van der Waals surface area contributed by atoms with Gasteiger partial charge in [-0.1, -0.05) is 0 Å². The third kappa shape index (κ3) is 14.7. The van der Waals surface area contributed by atoms with Crippen molar-refractivity contribution < 1.29 is 62.6 Å². The van der Waals surface area contributed by atoms with Crippen molar-refractivity contribution in [1.29, 1.82) is 0 Å². The molecule has 21 heavy (non-hydrogen) atoms. The van der Waals surface area contributed by atoms with Gasteiger partial charge in [-0.3, -0.25) is 9.59 Å². The number of hydrogen-bond donors (Lipinski definition) is 0. The third-order valence-corrected chi connectivity index (χ3v) is 1.23. The SMILES string of the molecule is CC(=O)/C=C(/[O-])C(F)(F)F.CC(=O)/C=C(/[O-])C(F)(F)F.[Ni+2]. The number of ketones is 2. The van der Waals surface area contributed by atoms with Crippen LogP contribution in [-0.2, 0) is 26.1 Å². The first-order chi connectivity index (χ1) is 8.67. The molecule has 4 nitrogen and oxygen atoms in total. The van der Waals surface area contributed by atoms with E-state index in [1.54, 1.807) is 0 Å². The zero-order valence-electron chi connectivity index (χ0n) is 10.4. The average Bonchev–Trinajstić information content (AvgIpc) is 2.13. The van der Waals surface area contributed by atoms with Crippen LogP contribution in [0.4, 0.5) is 26.3 Å². The van der Waals surface area contributed by atoms with Gasteiger partial charge >= 0.3 is 28.8 Å². The van der Waals surface area contributed by atoms with E-state index in [2.05, 4.69) is 0 Å². The molecule has 0 aromatic rings. The van der Waals surface area contributed by atoms with E-state index in [4.69, 9.17) is 0 Å². The first kappa shape index (κ1) is 24.5. The Hall–Kier alpha value is -1.51. The van der Waals surface area contributed by atoms with E-state index in [9.17, 15) is 46.1 Å². The number of hydrogen-bond acceptors (Lipinski definition) is 4. The summed E-state index contributed by atoms with van der Waals surface area (Å²) in [5, 5.41) is 19.7. The Morgan fingerprint density at radius 1 is 0.762 bits per heavy atom. The second kappa shape index (κ2) is 9.43. The van der Waals surface area contributed by atoms with Crippen LogP contribution >= 0.6 is 0 Å². The Balaban J connectivity index is -0.000000295. The van der Waals surface area contributed by atoms with Gasteiger partial charge in [0, 0.05) is 0 Å². The summed E-state index contributed by atoms with van der Waals surface area (Å²) >= 11 is 0. The van der Waals surface area contributed by atoms with Gasteiger partial charge in [-0.2, -0.15) is 26.3 Å². The molecule has 0 unspecified atom stereocenters. The first-order valence-electron chi connectivity index (χ1n) is 4.61. The van der Waals surface area contributed by atoms with E-state index in [0.29, 0.717) is 0 Å². The second-order valence-electron chi connectivity index (χ2n) is 3.23. The van der Waals surface area contributed by atoms with Gasteiger partial charge in [0.05, 0.1) is 0 Å². The van der Waals surface area contributed by atoms with Crippen LogP contribution in [0.1, 0.15) is 13.8 Å². The van der Waals surface area contributed by atoms with Gasteiger partial charge in [0.25, 0.3) is 0 Å². The maximum atomic E-state index is 11.3. The number of allylic oxidation sites excluding steroid dienone is 4. The molecule has 0 amide bonds. The molecule has 0 aromatic heterocycles. The molecule has 0 aromatic carbocycles. The minimum absolute atomic E-state index is 0. The molecule has 0 rings (SSSR count). The Bertz CT molecular complexity index is 382. The fourth-order valence-corrected chi connectivity index (χ4v) is 0.533. The quantitative estimate of drug-likeness (QED) is 0.313. The summed E-state index contributed by atoms with van der Waals surface area (Å²) in [7, 11) is 0. The normalized spacial score (nSPS) is 12.8. The maximum Gasteiger partial charge on any atom is 2.00 e.